The molecule has 0 radical (unpaired) electrons. The van der Waals surface area contributed by atoms with Crippen molar-refractivity contribution < 1.29 is 27.1 Å². The van der Waals surface area contributed by atoms with E-state index in [9.17, 15) is 22.4 Å². The third-order valence-corrected chi connectivity index (χ3v) is 5.68. The van der Waals surface area contributed by atoms with Crippen LogP contribution in [0.2, 0.25) is 0 Å². The third-order valence-electron chi connectivity index (χ3n) is 4.29. The molecule has 1 N–H and O–H groups in total. The van der Waals surface area contributed by atoms with Crippen LogP contribution >= 0.6 is 0 Å². The number of hydrogen-bond donors (Lipinski definition) is 1. The average molecular weight is 418 g/mol. The van der Waals surface area contributed by atoms with Gasteiger partial charge in [0.05, 0.1) is 11.5 Å². The molecule has 0 fully saturated rings. The lowest BCUT2D eigenvalue weighted by Gasteiger charge is -2.09. The van der Waals surface area contributed by atoms with Gasteiger partial charge in [-0.25, -0.2) is 17.6 Å². The molecule has 0 unspecified atom stereocenters. The molecule has 0 spiro atoms. The van der Waals surface area contributed by atoms with Gasteiger partial charge in [-0.05, 0) is 49.7 Å². The van der Waals surface area contributed by atoms with Crippen LogP contribution in [0.1, 0.15) is 35.7 Å². The molecule has 152 valence electrons. The van der Waals surface area contributed by atoms with Gasteiger partial charge in [0.25, 0.3) is 10.0 Å². The van der Waals surface area contributed by atoms with Crippen LogP contribution in [0, 0.1) is 5.82 Å². The van der Waals surface area contributed by atoms with Crippen LogP contribution in [-0.2, 0) is 19.6 Å². The zero-order valence-electron chi connectivity index (χ0n) is 15.6. The van der Waals surface area contributed by atoms with Crippen LogP contribution < -0.4 is 4.72 Å². The van der Waals surface area contributed by atoms with E-state index in [4.69, 9.17) is 4.74 Å². The number of aliphatic imine (C=N–C) groups is 1. The van der Waals surface area contributed by atoms with Crippen molar-refractivity contribution in [3.05, 3.63) is 65.5 Å². The van der Waals surface area contributed by atoms with Crippen LogP contribution in [0.15, 0.2) is 58.4 Å². The second-order valence-corrected chi connectivity index (χ2v) is 8.11. The van der Waals surface area contributed by atoms with Crippen molar-refractivity contribution in [2.24, 2.45) is 4.99 Å². The largest absolute Gasteiger partial charge is 0.464 e. The number of Topliss-reactive ketones (excluding diaryl/α,β-unsaturated/α-hetero) is 1. The number of hydrogen-bond acceptors (Lipinski definition) is 6. The van der Waals surface area contributed by atoms with Crippen molar-refractivity contribution in [3.8, 4) is 0 Å². The van der Waals surface area contributed by atoms with Crippen molar-refractivity contribution in [2.75, 3.05) is 6.61 Å². The topological polar surface area (TPSA) is 102 Å². The Kier molecular flexibility index (Phi) is 6.07. The summed E-state index contributed by atoms with van der Waals surface area (Å²) >= 11 is 0. The highest BCUT2D eigenvalue weighted by Crippen LogP contribution is 2.22. The van der Waals surface area contributed by atoms with E-state index in [1.807, 2.05) is 0 Å². The molecule has 0 bridgehead atoms. The lowest BCUT2D eigenvalue weighted by molar-refractivity contribution is -0.144. The van der Waals surface area contributed by atoms with Crippen LogP contribution in [0.4, 0.5) is 4.39 Å². The van der Waals surface area contributed by atoms with Gasteiger partial charge in [0, 0.05) is 17.5 Å². The number of amidine groups is 1. The fraction of sp³-hybridized carbons (Fsp3) is 0.250. The number of carbonyl (C=O) groups is 2. The number of carbonyl (C=O) groups excluding carboxylic acids is 2. The van der Waals surface area contributed by atoms with Gasteiger partial charge >= 0.3 is 5.97 Å². The Balaban J connectivity index is 1.52. The number of benzene rings is 2. The zero-order chi connectivity index (χ0) is 21.0. The van der Waals surface area contributed by atoms with Gasteiger partial charge in [-0.3, -0.25) is 14.5 Å². The summed E-state index contributed by atoms with van der Waals surface area (Å²) in [5.41, 5.74) is 0.793. The summed E-state index contributed by atoms with van der Waals surface area (Å²) in [7, 11) is -3.68. The minimum absolute atomic E-state index is 0.0171. The third kappa shape index (κ3) is 4.86. The monoisotopic (exact) mass is 418 g/mol. The van der Waals surface area contributed by atoms with Crippen molar-refractivity contribution in [1.82, 2.24) is 4.72 Å². The minimum atomic E-state index is -3.68. The van der Waals surface area contributed by atoms with Gasteiger partial charge in [-0.2, -0.15) is 0 Å². The summed E-state index contributed by atoms with van der Waals surface area (Å²) in [6, 6.07) is 10.7. The first-order valence-corrected chi connectivity index (χ1v) is 10.4. The Labute approximate surface area is 167 Å². The van der Waals surface area contributed by atoms with E-state index in [0.29, 0.717) is 17.5 Å². The lowest BCUT2D eigenvalue weighted by atomic mass is 10.1. The quantitative estimate of drug-likeness (QED) is 0.423. The summed E-state index contributed by atoms with van der Waals surface area (Å²) in [4.78, 5) is 28.4. The number of fused-ring (bicyclic) bond motifs is 1. The number of ether oxygens (including phenoxy) is 1. The van der Waals surface area contributed by atoms with Gasteiger partial charge in [-0.1, -0.05) is 12.1 Å². The lowest BCUT2D eigenvalue weighted by Crippen LogP contribution is -2.27. The molecule has 0 saturated carbocycles. The number of nitrogens with zero attached hydrogens (tertiary/aromatic N) is 1. The summed E-state index contributed by atoms with van der Waals surface area (Å²) in [5, 5.41) is 0. The number of esters is 1. The maximum absolute atomic E-state index is 12.9. The summed E-state index contributed by atoms with van der Waals surface area (Å²) in [5.74, 6) is -1.13. The highest BCUT2D eigenvalue weighted by Gasteiger charge is 2.31. The molecule has 1 aliphatic heterocycles. The molecule has 1 heterocycles. The van der Waals surface area contributed by atoms with Gasteiger partial charge in [0.2, 0.25) is 0 Å². The highest BCUT2D eigenvalue weighted by atomic mass is 32.2. The molecule has 7 nitrogen and oxygen atoms in total. The fourth-order valence-electron chi connectivity index (χ4n) is 2.78. The summed E-state index contributed by atoms with van der Waals surface area (Å²) < 4.78 is 44.5. The normalized spacial score (nSPS) is 16.7. The Morgan fingerprint density at radius 2 is 1.83 bits per heavy atom. The van der Waals surface area contributed by atoms with E-state index in [2.05, 4.69) is 9.71 Å². The molecule has 0 aromatic heterocycles. The zero-order valence-corrected chi connectivity index (χ0v) is 16.4. The molecule has 1 aliphatic rings. The number of ketones is 1. The maximum Gasteiger partial charge on any atom is 0.330 e. The van der Waals surface area contributed by atoms with E-state index in [0.717, 1.165) is 0 Å². The van der Waals surface area contributed by atoms with Crippen molar-refractivity contribution in [2.45, 2.75) is 30.7 Å². The van der Waals surface area contributed by atoms with E-state index < -0.39 is 27.9 Å². The Morgan fingerprint density at radius 1 is 1.14 bits per heavy atom. The van der Waals surface area contributed by atoms with Crippen LogP contribution in [0.3, 0.4) is 0 Å². The molecule has 0 saturated heterocycles. The minimum Gasteiger partial charge on any atom is -0.464 e. The second kappa shape index (κ2) is 8.52. The van der Waals surface area contributed by atoms with Crippen molar-refractivity contribution in [3.63, 3.8) is 0 Å². The van der Waals surface area contributed by atoms with E-state index in [-0.39, 0.29) is 29.5 Å². The molecule has 3 rings (SSSR count). The van der Waals surface area contributed by atoms with Crippen LogP contribution in [0.5, 0.6) is 0 Å². The molecule has 2 aromatic carbocycles. The highest BCUT2D eigenvalue weighted by molar-refractivity contribution is 7.90. The maximum atomic E-state index is 12.9. The second-order valence-electron chi connectivity index (χ2n) is 6.46. The molecule has 0 aliphatic carbocycles. The van der Waals surface area contributed by atoms with Gasteiger partial charge in [-0.15, -0.1) is 0 Å². The fourth-order valence-corrected chi connectivity index (χ4v) is 4.02. The molecule has 2 aromatic rings. The predicted molar refractivity (Wildman–Crippen MR) is 104 cm³/mol. The SMILES string of the molecule is C[C@H](N=C1NS(=O)(=O)c2ccccc21)C(=O)OCCCC(=O)c1ccc(F)cc1. The Bertz CT molecular complexity index is 1060. The number of rotatable bonds is 7. The summed E-state index contributed by atoms with van der Waals surface area (Å²) in [6.45, 7) is 1.51. The van der Waals surface area contributed by atoms with Gasteiger partial charge < -0.3 is 4.74 Å². The predicted octanol–water partition coefficient (Wildman–Crippen LogP) is 2.46. The number of sulfonamides is 1. The van der Waals surface area contributed by atoms with E-state index >= 15 is 0 Å². The molecule has 1 atom stereocenters. The van der Waals surface area contributed by atoms with Crippen LogP contribution in [0.25, 0.3) is 0 Å². The molecule has 9 heteroatoms. The number of halogens is 1. The average Bonchev–Trinajstić information content (AvgIpc) is 2.95. The number of nitrogens with one attached hydrogen (secondary N) is 1. The first kappa shape index (κ1) is 20.7. The van der Waals surface area contributed by atoms with Crippen molar-refractivity contribution >= 4 is 27.6 Å². The van der Waals surface area contributed by atoms with Gasteiger partial charge in [0.15, 0.2) is 5.78 Å². The van der Waals surface area contributed by atoms with Crippen LogP contribution in [-0.4, -0.2) is 38.7 Å². The first-order valence-electron chi connectivity index (χ1n) is 8.93. The first-order chi connectivity index (χ1) is 13.8. The molecule has 29 heavy (non-hydrogen) atoms. The molecular formula is C20H19FN2O5S. The molecular weight excluding hydrogens is 399 g/mol. The summed E-state index contributed by atoms with van der Waals surface area (Å²) in [6.07, 6.45) is 0.454. The Hall–Kier alpha value is -3.07. The van der Waals surface area contributed by atoms with E-state index in [1.165, 1.54) is 37.3 Å². The smallest absolute Gasteiger partial charge is 0.330 e. The van der Waals surface area contributed by atoms with Gasteiger partial charge in [0.1, 0.15) is 17.7 Å². The Morgan fingerprint density at radius 3 is 2.55 bits per heavy atom. The standard InChI is InChI=1S/C20H19FN2O5S/c1-13(22-19-16-5-2-3-7-18(16)29(26,27)23-19)20(25)28-12-4-6-17(24)14-8-10-15(21)11-9-14/h2-3,5,7-11,13H,4,6,12H2,1H3,(H,22,23)/t13-/m0/s1. The van der Waals surface area contributed by atoms with E-state index in [1.54, 1.807) is 18.2 Å². The van der Waals surface area contributed by atoms with Crippen molar-refractivity contribution in [1.29, 1.82) is 0 Å². The molecule has 0 amide bonds.